The van der Waals surface area contributed by atoms with Crippen LogP contribution < -0.4 is 14.8 Å². The minimum absolute atomic E-state index is 0.0167. The molecule has 1 aliphatic heterocycles. The molecule has 4 rings (SSSR count). The van der Waals surface area contributed by atoms with Gasteiger partial charge in [-0.15, -0.1) is 8.78 Å². The maximum atomic E-state index is 13.1. The van der Waals surface area contributed by atoms with Gasteiger partial charge in [0.2, 0.25) is 0 Å². The molecule has 1 heterocycles. The number of fused-ring (bicyclic) bond motifs is 2. The second-order valence-corrected chi connectivity index (χ2v) is 6.36. The van der Waals surface area contributed by atoms with Gasteiger partial charge < -0.3 is 14.8 Å². The Morgan fingerprint density at radius 1 is 1.08 bits per heavy atom. The standard InChI is InChI=1S/C19H17F2NO3/c20-19(21)24-16-9-8-14(11-17(16)25-19)18(23)22-15-7-3-6-12-4-1-2-5-13(12)10-15/h1-2,4-5,8-9,11,15H,3,6-7,10H2,(H,22,23). The normalized spacial score (nSPS) is 20.5. The molecule has 1 N–H and O–H groups in total. The summed E-state index contributed by atoms with van der Waals surface area (Å²) in [6.07, 6.45) is -0.0347. The fourth-order valence-corrected chi connectivity index (χ4v) is 3.39. The van der Waals surface area contributed by atoms with Crippen molar-refractivity contribution in [3.05, 3.63) is 59.2 Å². The molecule has 1 atom stereocenters. The van der Waals surface area contributed by atoms with E-state index in [-0.39, 0.29) is 29.0 Å². The van der Waals surface area contributed by atoms with E-state index < -0.39 is 6.29 Å². The topological polar surface area (TPSA) is 47.6 Å². The first-order valence-electron chi connectivity index (χ1n) is 8.28. The predicted molar refractivity (Wildman–Crippen MR) is 87.0 cm³/mol. The Balaban J connectivity index is 1.48. The first kappa shape index (κ1) is 15.9. The number of hydrogen-bond donors (Lipinski definition) is 1. The van der Waals surface area contributed by atoms with Crippen molar-refractivity contribution in [1.29, 1.82) is 0 Å². The molecule has 6 heteroatoms. The molecular formula is C19H17F2NO3. The predicted octanol–water partition coefficient (Wildman–Crippen LogP) is 3.69. The van der Waals surface area contributed by atoms with Gasteiger partial charge in [-0.05, 0) is 55.0 Å². The Hall–Kier alpha value is -2.63. The number of hydrogen-bond acceptors (Lipinski definition) is 3. The van der Waals surface area contributed by atoms with E-state index in [0.29, 0.717) is 0 Å². The van der Waals surface area contributed by atoms with Gasteiger partial charge >= 0.3 is 6.29 Å². The van der Waals surface area contributed by atoms with Crippen molar-refractivity contribution in [3.63, 3.8) is 0 Å². The Labute approximate surface area is 143 Å². The molecule has 2 aliphatic rings. The molecule has 0 aromatic heterocycles. The van der Waals surface area contributed by atoms with E-state index in [9.17, 15) is 13.6 Å². The lowest BCUT2D eigenvalue weighted by Gasteiger charge is -2.17. The van der Waals surface area contributed by atoms with Crippen molar-refractivity contribution >= 4 is 5.91 Å². The lowest BCUT2D eigenvalue weighted by atomic mass is 10.0. The summed E-state index contributed by atoms with van der Waals surface area (Å²) in [7, 11) is 0. The van der Waals surface area contributed by atoms with E-state index in [1.54, 1.807) is 0 Å². The largest absolute Gasteiger partial charge is 0.586 e. The van der Waals surface area contributed by atoms with E-state index in [1.807, 2.05) is 12.1 Å². The van der Waals surface area contributed by atoms with E-state index in [1.165, 1.54) is 29.3 Å². The van der Waals surface area contributed by atoms with Gasteiger partial charge in [0.05, 0.1) is 0 Å². The van der Waals surface area contributed by atoms with Crippen LogP contribution in [0.25, 0.3) is 0 Å². The monoisotopic (exact) mass is 345 g/mol. The Kier molecular flexibility index (Phi) is 3.82. The molecule has 2 aromatic rings. The van der Waals surface area contributed by atoms with E-state index in [2.05, 4.69) is 26.9 Å². The van der Waals surface area contributed by atoms with Crippen LogP contribution in [0.5, 0.6) is 11.5 Å². The van der Waals surface area contributed by atoms with Crippen LogP contribution in [0.2, 0.25) is 0 Å². The Bertz CT molecular complexity index is 822. The average Bonchev–Trinajstić information content (AvgIpc) is 2.74. The molecule has 0 radical (unpaired) electrons. The zero-order chi connectivity index (χ0) is 17.4. The second kappa shape index (κ2) is 6.02. The fraction of sp³-hybridized carbons (Fsp3) is 0.316. The van der Waals surface area contributed by atoms with Gasteiger partial charge in [-0.25, -0.2) is 0 Å². The van der Waals surface area contributed by atoms with Gasteiger partial charge in [0, 0.05) is 11.6 Å². The number of amides is 1. The van der Waals surface area contributed by atoms with E-state index in [4.69, 9.17) is 0 Å². The summed E-state index contributed by atoms with van der Waals surface area (Å²) in [5.74, 6) is -0.486. The van der Waals surface area contributed by atoms with Crippen molar-refractivity contribution in [2.24, 2.45) is 0 Å². The average molecular weight is 345 g/mol. The highest BCUT2D eigenvalue weighted by molar-refractivity contribution is 5.95. The summed E-state index contributed by atoms with van der Waals surface area (Å²) in [5.41, 5.74) is 2.85. The summed E-state index contributed by atoms with van der Waals surface area (Å²) in [5, 5.41) is 3.01. The first-order chi connectivity index (χ1) is 12.0. The number of nitrogens with one attached hydrogen (secondary N) is 1. The molecule has 1 unspecified atom stereocenters. The maximum absolute atomic E-state index is 13.1. The van der Waals surface area contributed by atoms with E-state index >= 15 is 0 Å². The van der Waals surface area contributed by atoms with Crippen LogP contribution in [0, 0.1) is 0 Å². The Morgan fingerprint density at radius 2 is 1.84 bits per heavy atom. The van der Waals surface area contributed by atoms with Gasteiger partial charge in [0.25, 0.3) is 5.91 Å². The molecule has 0 spiro atoms. The lowest BCUT2D eigenvalue weighted by Crippen LogP contribution is -2.36. The molecular weight excluding hydrogens is 328 g/mol. The molecule has 25 heavy (non-hydrogen) atoms. The Morgan fingerprint density at radius 3 is 2.68 bits per heavy atom. The molecule has 0 fully saturated rings. The number of halogens is 2. The molecule has 0 saturated heterocycles. The van der Waals surface area contributed by atoms with Gasteiger partial charge in [0.1, 0.15) is 0 Å². The van der Waals surface area contributed by atoms with Crippen molar-refractivity contribution in [1.82, 2.24) is 5.32 Å². The quantitative estimate of drug-likeness (QED) is 0.845. The summed E-state index contributed by atoms with van der Waals surface area (Å²) >= 11 is 0. The maximum Gasteiger partial charge on any atom is 0.586 e. The van der Waals surface area contributed by atoms with Crippen molar-refractivity contribution in [3.8, 4) is 11.5 Å². The van der Waals surface area contributed by atoms with Crippen LogP contribution in [0.1, 0.15) is 34.3 Å². The first-order valence-corrected chi connectivity index (χ1v) is 8.28. The second-order valence-electron chi connectivity index (χ2n) is 6.36. The van der Waals surface area contributed by atoms with Gasteiger partial charge in [-0.3, -0.25) is 4.79 Å². The number of ether oxygens (including phenoxy) is 2. The third-order valence-electron chi connectivity index (χ3n) is 4.58. The number of benzene rings is 2. The van der Waals surface area contributed by atoms with Crippen LogP contribution in [-0.4, -0.2) is 18.2 Å². The summed E-state index contributed by atoms with van der Waals surface area (Å²) in [4.78, 5) is 12.5. The van der Waals surface area contributed by atoms with Crippen molar-refractivity contribution < 1.29 is 23.0 Å². The zero-order valence-corrected chi connectivity index (χ0v) is 13.4. The third kappa shape index (κ3) is 3.29. The summed E-state index contributed by atoms with van der Waals surface area (Å²) in [6.45, 7) is 0. The number of aryl methyl sites for hydroxylation is 1. The smallest absolute Gasteiger partial charge is 0.395 e. The van der Waals surface area contributed by atoms with Crippen LogP contribution in [0.3, 0.4) is 0 Å². The van der Waals surface area contributed by atoms with Crippen molar-refractivity contribution in [2.45, 2.75) is 38.0 Å². The highest BCUT2D eigenvalue weighted by Crippen LogP contribution is 2.41. The zero-order valence-electron chi connectivity index (χ0n) is 13.4. The van der Waals surface area contributed by atoms with Crippen LogP contribution >= 0.6 is 0 Å². The summed E-state index contributed by atoms with van der Waals surface area (Å²) < 4.78 is 34.9. The van der Waals surface area contributed by atoms with Crippen LogP contribution in [0.15, 0.2) is 42.5 Å². The molecule has 2 aromatic carbocycles. The SMILES string of the molecule is O=C(NC1CCCc2ccccc2C1)c1ccc2c(c1)OC(F)(F)O2. The molecule has 1 aliphatic carbocycles. The molecule has 130 valence electrons. The van der Waals surface area contributed by atoms with Gasteiger partial charge in [0.15, 0.2) is 11.5 Å². The molecule has 1 amide bonds. The minimum atomic E-state index is -3.68. The molecule has 0 saturated carbocycles. The number of carbonyl (C=O) groups excluding carboxylic acids is 1. The summed E-state index contributed by atoms with van der Waals surface area (Å²) in [6, 6.07) is 12.3. The van der Waals surface area contributed by atoms with Crippen LogP contribution in [0.4, 0.5) is 8.78 Å². The van der Waals surface area contributed by atoms with Crippen molar-refractivity contribution in [2.75, 3.05) is 0 Å². The third-order valence-corrected chi connectivity index (χ3v) is 4.58. The minimum Gasteiger partial charge on any atom is -0.395 e. The molecule has 4 nitrogen and oxygen atoms in total. The van der Waals surface area contributed by atoms with E-state index in [0.717, 1.165) is 25.7 Å². The number of carbonyl (C=O) groups is 1. The molecule has 0 bridgehead atoms. The van der Waals surface area contributed by atoms with Gasteiger partial charge in [-0.2, -0.15) is 0 Å². The fourth-order valence-electron chi connectivity index (χ4n) is 3.39. The van der Waals surface area contributed by atoms with Gasteiger partial charge in [-0.1, -0.05) is 24.3 Å². The number of alkyl halides is 2. The highest BCUT2D eigenvalue weighted by Gasteiger charge is 2.43. The lowest BCUT2D eigenvalue weighted by molar-refractivity contribution is -0.286. The van der Waals surface area contributed by atoms with Crippen LogP contribution in [-0.2, 0) is 12.8 Å². The highest BCUT2D eigenvalue weighted by atomic mass is 19.3. The number of rotatable bonds is 2.